The predicted octanol–water partition coefficient (Wildman–Crippen LogP) is 3.02. The van der Waals surface area contributed by atoms with Gasteiger partial charge in [0.05, 0.1) is 6.42 Å². The Balaban J connectivity index is 1.79. The summed E-state index contributed by atoms with van der Waals surface area (Å²) in [4.78, 5) is 12.0. The zero-order valence-electron chi connectivity index (χ0n) is 11.6. The Hall–Kier alpha value is -1.51. The lowest BCUT2D eigenvalue weighted by molar-refractivity contribution is -0.121. The monoisotopic (exact) mass is 261 g/mol. The van der Waals surface area contributed by atoms with Crippen molar-refractivity contribution in [2.75, 3.05) is 0 Å². The van der Waals surface area contributed by atoms with E-state index in [0.29, 0.717) is 12.5 Å². The van der Waals surface area contributed by atoms with E-state index in [1.54, 1.807) is 18.2 Å². The van der Waals surface area contributed by atoms with Crippen LogP contribution in [0.3, 0.4) is 0 Å². The fourth-order valence-electron chi connectivity index (χ4n) is 2.85. The number of benzene rings is 1. The number of hydrogen-bond acceptors (Lipinski definition) is 2. The lowest BCUT2D eigenvalue weighted by Gasteiger charge is -2.28. The van der Waals surface area contributed by atoms with Crippen molar-refractivity contribution < 1.29 is 9.90 Å². The summed E-state index contributed by atoms with van der Waals surface area (Å²) >= 11 is 0. The van der Waals surface area contributed by atoms with Gasteiger partial charge in [-0.1, -0.05) is 25.5 Å². The van der Waals surface area contributed by atoms with Gasteiger partial charge in [0.25, 0.3) is 0 Å². The molecule has 1 saturated carbocycles. The fraction of sp³-hybridized carbons (Fsp3) is 0.562. The maximum atomic E-state index is 12.0. The van der Waals surface area contributed by atoms with E-state index in [1.165, 1.54) is 19.3 Å². The van der Waals surface area contributed by atoms with Crippen LogP contribution in [0.5, 0.6) is 5.75 Å². The molecule has 0 unspecified atom stereocenters. The van der Waals surface area contributed by atoms with Crippen LogP contribution in [0.25, 0.3) is 0 Å². The van der Waals surface area contributed by atoms with Crippen LogP contribution in [0.1, 0.15) is 44.6 Å². The molecule has 2 rings (SSSR count). The van der Waals surface area contributed by atoms with Gasteiger partial charge in [-0.3, -0.25) is 4.79 Å². The number of phenolic OH excluding ortho intramolecular Hbond substituents is 1. The summed E-state index contributed by atoms with van der Waals surface area (Å²) < 4.78 is 0. The second-order valence-electron chi connectivity index (χ2n) is 5.54. The first kappa shape index (κ1) is 13.9. The van der Waals surface area contributed by atoms with Gasteiger partial charge >= 0.3 is 0 Å². The number of carbonyl (C=O) groups excluding carboxylic acids is 1. The molecule has 0 atom stereocenters. The molecule has 3 nitrogen and oxygen atoms in total. The van der Waals surface area contributed by atoms with Crippen LogP contribution in [-0.4, -0.2) is 17.1 Å². The lowest BCUT2D eigenvalue weighted by atomic mass is 9.84. The minimum atomic E-state index is 0.0607. The van der Waals surface area contributed by atoms with Crippen LogP contribution in [0.4, 0.5) is 0 Å². The Morgan fingerprint density at radius 2 is 2.05 bits per heavy atom. The van der Waals surface area contributed by atoms with Crippen LogP contribution >= 0.6 is 0 Å². The van der Waals surface area contributed by atoms with Crippen molar-refractivity contribution in [3.63, 3.8) is 0 Å². The lowest BCUT2D eigenvalue weighted by Crippen LogP contribution is -2.38. The third-order valence-electron chi connectivity index (χ3n) is 4.06. The maximum Gasteiger partial charge on any atom is 0.224 e. The summed E-state index contributed by atoms with van der Waals surface area (Å²) in [7, 11) is 0. The van der Waals surface area contributed by atoms with Gasteiger partial charge in [-0.15, -0.1) is 0 Å². The Morgan fingerprint density at radius 1 is 1.32 bits per heavy atom. The molecular weight excluding hydrogens is 238 g/mol. The molecule has 0 saturated heterocycles. The highest BCUT2D eigenvalue weighted by atomic mass is 16.3. The highest BCUT2D eigenvalue weighted by Gasteiger charge is 2.21. The average Bonchev–Trinajstić information content (AvgIpc) is 2.39. The Kier molecular flexibility index (Phi) is 4.83. The summed E-state index contributed by atoms with van der Waals surface area (Å²) in [6.45, 7) is 2.24. The smallest absolute Gasteiger partial charge is 0.224 e. The van der Waals surface area contributed by atoms with E-state index in [-0.39, 0.29) is 11.7 Å². The number of hydrogen-bond donors (Lipinski definition) is 2. The van der Waals surface area contributed by atoms with Crippen molar-refractivity contribution in [3.8, 4) is 5.75 Å². The Labute approximate surface area is 115 Å². The van der Waals surface area contributed by atoms with E-state index in [2.05, 4.69) is 12.2 Å². The quantitative estimate of drug-likeness (QED) is 0.875. The number of nitrogens with one attached hydrogen (secondary N) is 1. The second kappa shape index (κ2) is 6.60. The van der Waals surface area contributed by atoms with Crippen LogP contribution in [0.15, 0.2) is 24.3 Å². The predicted molar refractivity (Wildman–Crippen MR) is 76.0 cm³/mol. The number of aromatic hydroxyl groups is 1. The molecule has 0 aromatic heterocycles. The summed E-state index contributed by atoms with van der Waals surface area (Å²) in [5.41, 5.74) is 0.861. The number of rotatable bonds is 4. The molecule has 19 heavy (non-hydrogen) atoms. The van der Waals surface area contributed by atoms with E-state index >= 15 is 0 Å². The van der Waals surface area contributed by atoms with Crippen LogP contribution in [-0.2, 0) is 11.2 Å². The minimum Gasteiger partial charge on any atom is -0.508 e. The first-order valence-electron chi connectivity index (χ1n) is 7.24. The molecule has 2 N–H and O–H groups in total. The third-order valence-corrected chi connectivity index (χ3v) is 4.06. The maximum absolute atomic E-state index is 12.0. The van der Waals surface area contributed by atoms with E-state index in [9.17, 15) is 9.90 Å². The topological polar surface area (TPSA) is 49.3 Å². The van der Waals surface area contributed by atoms with E-state index < -0.39 is 0 Å². The average molecular weight is 261 g/mol. The first-order valence-corrected chi connectivity index (χ1v) is 7.24. The SMILES string of the molecule is CCC1CCC(NC(=O)Cc2cccc(O)c2)CC1. The minimum absolute atomic E-state index is 0.0607. The van der Waals surface area contributed by atoms with Gasteiger partial charge in [-0.05, 0) is 49.3 Å². The van der Waals surface area contributed by atoms with Crippen molar-refractivity contribution in [1.29, 1.82) is 0 Å². The van der Waals surface area contributed by atoms with Gasteiger partial charge in [0.2, 0.25) is 5.91 Å². The first-order chi connectivity index (χ1) is 9.17. The van der Waals surface area contributed by atoms with Crippen molar-refractivity contribution in [2.45, 2.75) is 51.5 Å². The van der Waals surface area contributed by atoms with Crippen molar-refractivity contribution in [3.05, 3.63) is 29.8 Å². The summed E-state index contributed by atoms with van der Waals surface area (Å²) in [6.07, 6.45) is 6.27. The van der Waals surface area contributed by atoms with Crippen molar-refractivity contribution >= 4 is 5.91 Å². The largest absolute Gasteiger partial charge is 0.508 e. The molecule has 0 aliphatic heterocycles. The van der Waals surface area contributed by atoms with E-state index in [1.807, 2.05) is 6.07 Å². The van der Waals surface area contributed by atoms with Gasteiger partial charge in [-0.2, -0.15) is 0 Å². The van der Waals surface area contributed by atoms with Gasteiger partial charge in [0.15, 0.2) is 0 Å². The standard InChI is InChI=1S/C16H23NO2/c1-2-12-6-8-14(9-7-12)17-16(19)11-13-4-3-5-15(18)10-13/h3-5,10,12,14,18H,2,6-9,11H2,1H3,(H,17,19). The number of phenols is 1. The molecule has 104 valence electrons. The summed E-state index contributed by atoms with van der Waals surface area (Å²) in [5.74, 6) is 1.12. The van der Waals surface area contributed by atoms with Crippen LogP contribution in [0, 0.1) is 5.92 Å². The molecule has 1 amide bonds. The van der Waals surface area contributed by atoms with Gasteiger partial charge in [-0.25, -0.2) is 0 Å². The van der Waals surface area contributed by atoms with Crippen molar-refractivity contribution in [1.82, 2.24) is 5.32 Å². The molecule has 0 bridgehead atoms. The molecular formula is C16H23NO2. The molecule has 0 spiro atoms. The molecule has 3 heteroatoms. The fourth-order valence-corrected chi connectivity index (χ4v) is 2.85. The Morgan fingerprint density at radius 3 is 2.68 bits per heavy atom. The molecule has 1 aliphatic rings. The van der Waals surface area contributed by atoms with Gasteiger partial charge < -0.3 is 10.4 Å². The van der Waals surface area contributed by atoms with E-state index in [0.717, 1.165) is 24.3 Å². The number of carbonyl (C=O) groups is 1. The molecule has 1 aromatic carbocycles. The normalized spacial score (nSPS) is 23.0. The molecule has 0 heterocycles. The van der Waals surface area contributed by atoms with Crippen LogP contribution < -0.4 is 5.32 Å². The highest BCUT2D eigenvalue weighted by molar-refractivity contribution is 5.78. The molecule has 0 radical (unpaired) electrons. The second-order valence-corrected chi connectivity index (χ2v) is 5.54. The van der Waals surface area contributed by atoms with Gasteiger partial charge in [0, 0.05) is 6.04 Å². The van der Waals surface area contributed by atoms with Crippen molar-refractivity contribution in [2.24, 2.45) is 5.92 Å². The third kappa shape index (κ3) is 4.27. The highest BCUT2D eigenvalue weighted by Crippen LogP contribution is 2.26. The summed E-state index contributed by atoms with van der Waals surface area (Å²) in [6, 6.07) is 7.24. The zero-order valence-corrected chi connectivity index (χ0v) is 11.6. The Bertz CT molecular complexity index is 423. The number of amides is 1. The summed E-state index contributed by atoms with van der Waals surface area (Å²) in [5, 5.41) is 12.5. The van der Waals surface area contributed by atoms with Crippen LogP contribution in [0.2, 0.25) is 0 Å². The zero-order chi connectivity index (χ0) is 13.7. The van der Waals surface area contributed by atoms with E-state index in [4.69, 9.17) is 0 Å². The van der Waals surface area contributed by atoms with Gasteiger partial charge in [0.1, 0.15) is 5.75 Å². The molecule has 1 fully saturated rings. The molecule has 1 aromatic rings. The molecule has 1 aliphatic carbocycles.